The van der Waals surface area contributed by atoms with Crippen LogP contribution in [0.2, 0.25) is 0 Å². The van der Waals surface area contributed by atoms with Crippen molar-refractivity contribution in [3.8, 4) is 56.4 Å². The minimum absolute atomic E-state index is 0.545. The highest BCUT2D eigenvalue weighted by Gasteiger charge is 2.24. The number of benzene rings is 6. The molecule has 0 spiro atoms. The molecule has 6 nitrogen and oxygen atoms in total. The Morgan fingerprint density at radius 1 is 0.396 bits per heavy atom. The molecular weight excluding hydrogens is 592 g/mol. The van der Waals surface area contributed by atoms with E-state index in [9.17, 15) is 0 Å². The van der Waals surface area contributed by atoms with Crippen LogP contribution in [0.5, 0.6) is 0 Å². The summed E-state index contributed by atoms with van der Waals surface area (Å²) >= 11 is 0. The van der Waals surface area contributed by atoms with Crippen molar-refractivity contribution < 1.29 is 8.83 Å². The predicted molar refractivity (Wildman–Crippen MR) is 190 cm³/mol. The second-order valence-electron chi connectivity index (χ2n) is 12.2. The highest BCUT2D eigenvalue weighted by molar-refractivity contribution is 6.17. The number of furan rings is 2. The van der Waals surface area contributed by atoms with E-state index < -0.39 is 0 Å². The van der Waals surface area contributed by atoms with E-state index in [0.717, 1.165) is 60.4 Å². The molecule has 222 valence electrons. The molecule has 0 fully saturated rings. The zero-order valence-corrected chi connectivity index (χ0v) is 25.3. The fraction of sp³-hybridized carbons (Fsp3) is 0. The van der Waals surface area contributed by atoms with E-state index in [1.807, 2.05) is 60.7 Å². The molecule has 11 rings (SSSR count). The Kier molecular flexibility index (Phi) is 5.02. The lowest BCUT2D eigenvalue weighted by molar-refractivity contribution is 0.654. The fourth-order valence-electron chi connectivity index (χ4n) is 7.49. The first kappa shape index (κ1) is 25.5. The molecule has 6 aromatic carbocycles. The molecule has 0 unspecified atom stereocenters. The van der Waals surface area contributed by atoms with Gasteiger partial charge in [0.05, 0.1) is 5.39 Å². The van der Waals surface area contributed by atoms with Crippen LogP contribution in [0, 0.1) is 0 Å². The van der Waals surface area contributed by atoms with Crippen molar-refractivity contribution in [1.82, 2.24) is 19.9 Å². The van der Waals surface area contributed by atoms with E-state index in [2.05, 4.69) is 71.7 Å². The first-order chi connectivity index (χ1) is 23.8. The lowest BCUT2D eigenvalue weighted by Gasteiger charge is -2.11. The largest absolute Gasteiger partial charge is 0.456 e. The molecule has 0 atom stereocenters. The fourth-order valence-corrected chi connectivity index (χ4v) is 7.49. The summed E-state index contributed by atoms with van der Waals surface area (Å²) in [6, 6.07) is 43.6. The van der Waals surface area contributed by atoms with Gasteiger partial charge >= 0.3 is 0 Å². The van der Waals surface area contributed by atoms with Crippen LogP contribution in [-0.4, -0.2) is 19.9 Å². The summed E-state index contributed by atoms with van der Waals surface area (Å²) < 4.78 is 12.4. The molecule has 6 heteroatoms. The maximum absolute atomic E-state index is 6.27. The molecule has 0 saturated carbocycles. The minimum Gasteiger partial charge on any atom is -0.456 e. The molecule has 1 aliphatic carbocycles. The van der Waals surface area contributed by atoms with Gasteiger partial charge in [0.2, 0.25) is 5.71 Å². The van der Waals surface area contributed by atoms with E-state index in [-0.39, 0.29) is 0 Å². The zero-order valence-electron chi connectivity index (χ0n) is 25.3. The van der Waals surface area contributed by atoms with Gasteiger partial charge in [0.15, 0.2) is 17.5 Å². The normalized spacial score (nSPS) is 12.2. The Labute approximate surface area is 273 Å². The third kappa shape index (κ3) is 3.51. The summed E-state index contributed by atoms with van der Waals surface area (Å²) in [4.78, 5) is 20.2. The predicted octanol–water partition coefficient (Wildman–Crippen LogP) is 10.9. The van der Waals surface area contributed by atoms with Gasteiger partial charge in [-0.1, -0.05) is 91.0 Å². The number of para-hydroxylation sites is 2. The van der Waals surface area contributed by atoms with E-state index in [0.29, 0.717) is 23.2 Å². The van der Waals surface area contributed by atoms with Crippen LogP contribution >= 0.6 is 0 Å². The van der Waals surface area contributed by atoms with Gasteiger partial charge in [-0.2, -0.15) is 0 Å². The molecule has 10 aromatic rings. The number of aromatic nitrogens is 4. The van der Waals surface area contributed by atoms with Crippen LogP contribution in [0.3, 0.4) is 0 Å². The van der Waals surface area contributed by atoms with Gasteiger partial charge in [0, 0.05) is 39.0 Å². The average molecular weight is 615 g/mol. The second kappa shape index (κ2) is 9.44. The van der Waals surface area contributed by atoms with Crippen molar-refractivity contribution in [2.24, 2.45) is 0 Å². The van der Waals surface area contributed by atoms with Gasteiger partial charge in [-0.15, -0.1) is 0 Å². The van der Waals surface area contributed by atoms with E-state index >= 15 is 0 Å². The highest BCUT2D eigenvalue weighted by atomic mass is 16.3. The first-order valence-corrected chi connectivity index (χ1v) is 15.9. The van der Waals surface area contributed by atoms with Crippen LogP contribution in [0.4, 0.5) is 0 Å². The van der Waals surface area contributed by atoms with Crippen LogP contribution in [0.25, 0.3) is 111 Å². The molecule has 1 aliphatic rings. The zero-order chi connectivity index (χ0) is 31.3. The second-order valence-corrected chi connectivity index (χ2v) is 12.2. The highest BCUT2D eigenvalue weighted by Crippen LogP contribution is 2.48. The van der Waals surface area contributed by atoms with Crippen molar-refractivity contribution in [2.45, 2.75) is 0 Å². The van der Waals surface area contributed by atoms with Crippen LogP contribution in [0.1, 0.15) is 0 Å². The average Bonchev–Trinajstić information content (AvgIpc) is 3.82. The Balaban J connectivity index is 1.23. The van der Waals surface area contributed by atoms with Crippen molar-refractivity contribution in [2.75, 3.05) is 0 Å². The number of pyridine rings is 1. The first-order valence-electron chi connectivity index (χ1n) is 15.9. The molecule has 0 amide bonds. The summed E-state index contributed by atoms with van der Waals surface area (Å²) in [7, 11) is 0. The third-order valence-electron chi connectivity index (χ3n) is 9.54. The molecule has 0 N–H and O–H groups in total. The summed E-state index contributed by atoms with van der Waals surface area (Å²) in [6.45, 7) is 0. The van der Waals surface area contributed by atoms with Crippen LogP contribution in [-0.2, 0) is 0 Å². The summed E-state index contributed by atoms with van der Waals surface area (Å²) in [5.41, 5.74) is 10.5. The van der Waals surface area contributed by atoms with Crippen LogP contribution < -0.4 is 0 Å². The summed E-state index contributed by atoms with van der Waals surface area (Å²) in [5, 5.41) is 6.23. The van der Waals surface area contributed by atoms with Gasteiger partial charge in [0.25, 0.3) is 0 Å². The molecule has 48 heavy (non-hydrogen) atoms. The molecule has 4 aromatic heterocycles. The number of rotatable bonds is 3. The van der Waals surface area contributed by atoms with Crippen molar-refractivity contribution in [1.29, 1.82) is 0 Å². The number of hydrogen-bond donors (Lipinski definition) is 0. The lowest BCUT2D eigenvalue weighted by Crippen LogP contribution is -2.01. The number of nitrogens with zero attached hydrogens (tertiary/aromatic N) is 4. The quantitative estimate of drug-likeness (QED) is 0.197. The minimum atomic E-state index is 0.545. The Hall–Kier alpha value is -6.66. The van der Waals surface area contributed by atoms with Gasteiger partial charge in [-0.25, -0.2) is 19.9 Å². The smallest absolute Gasteiger partial charge is 0.228 e. The summed E-state index contributed by atoms with van der Waals surface area (Å²) in [6.07, 6.45) is 1.75. The van der Waals surface area contributed by atoms with E-state index in [4.69, 9.17) is 23.8 Å². The van der Waals surface area contributed by atoms with Crippen molar-refractivity contribution >= 4 is 54.8 Å². The Bertz CT molecular complexity index is 2840. The maximum atomic E-state index is 6.27. The van der Waals surface area contributed by atoms with Gasteiger partial charge in [-0.3, -0.25) is 0 Å². The van der Waals surface area contributed by atoms with Crippen LogP contribution in [0.15, 0.2) is 142 Å². The topological polar surface area (TPSA) is 77.8 Å². The molecule has 0 radical (unpaired) electrons. The molecule has 0 aliphatic heterocycles. The molecule has 0 bridgehead atoms. The molecular formula is C42H22N4O2. The number of fused-ring (bicyclic) bond motifs is 9. The Morgan fingerprint density at radius 2 is 1.00 bits per heavy atom. The van der Waals surface area contributed by atoms with Gasteiger partial charge < -0.3 is 8.83 Å². The van der Waals surface area contributed by atoms with Gasteiger partial charge in [-0.05, 0) is 69.4 Å². The van der Waals surface area contributed by atoms with Gasteiger partial charge in [0.1, 0.15) is 16.7 Å². The SMILES string of the molecule is c1ccc2c(c1)-c1cccc3cc(-c4nc(-c5cccc6oc7ccccc7c56)nc(-c5ccnc6oc7ccccc7c56)n4)cc-2c13. The van der Waals surface area contributed by atoms with Crippen molar-refractivity contribution in [3.63, 3.8) is 0 Å². The maximum Gasteiger partial charge on any atom is 0.228 e. The monoisotopic (exact) mass is 614 g/mol. The third-order valence-corrected chi connectivity index (χ3v) is 9.54. The van der Waals surface area contributed by atoms with E-state index in [1.54, 1.807) is 6.20 Å². The molecule has 4 heterocycles. The lowest BCUT2D eigenvalue weighted by atomic mass is 9.99. The Morgan fingerprint density at radius 3 is 1.83 bits per heavy atom. The standard InChI is InChI=1S/C42H22N4O2/c1-2-11-26-25(10-1)27-14-7-9-23-21-24(22-32(26)36(23)27)39-44-40(30-15-8-18-35-37(30)28-12-3-5-16-33(28)47-35)46-41(45-39)31-19-20-43-42-38(31)29-13-4-6-17-34(29)48-42/h1-22H. The summed E-state index contributed by atoms with van der Waals surface area (Å²) in [5.74, 6) is 1.70. The molecule has 0 saturated heterocycles. The number of hydrogen-bond acceptors (Lipinski definition) is 6. The van der Waals surface area contributed by atoms with E-state index in [1.165, 1.54) is 27.6 Å². The van der Waals surface area contributed by atoms with Crippen molar-refractivity contribution in [3.05, 3.63) is 134 Å².